The van der Waals surface area contributed by atoms with E-state index in [4.69, 9.17) is 0 Å². The molecule has 0 aliphatic carbocycles. The van der Waals surface area contributed by atoms with Crippen molar-refractivity contribution >= 4 is 5.78 Å². The maximum Gasteiger partial charge on any atom is 0.150 e. The second-order valence-electron chi connectivity index (χ2n) is 1.89. The molecule has 2 heteroatoms. The standard InChI is InChI=1S/C5H9NO/c1-4-5(7)2-3-6-4/h4,6H,2-3H2,1H3/t4-/m0/s1. The van der Waals surface area contributed by atoms with Crippen molar-refractivity contribution in [3.05, 3.63) is 0 Å². The van der Waals surface area contributed by atoms with Crippen molar-refractivity contribution in [2.75, 3.05) is 6.54 Å². The second-order valence-corrected chi connectivity index (χ2v) is 1.89. The highest BCUT2D eigenvalue weighted by Gasteiger charge is 2.17. The molecule has 0 aromatic rings. The molecular formula is C5H9NO. The Morgan fingerprint density at radius 3 is 2.71 bits per heavy atom. The smallest absolute Gasteiger partial charge is 0.150 e. The van der Waals surface area contributed by atoms with Crippen LogP contribution in [-0.4, -0.2) is 18.4 Å². The molecule has 0 saturated carbocycles. The number of Topliss-reactive ketones (excluding diaryl/α,β-unsaturated/α-hetero) is 1. The van der Waals surface area contributed by atoms with Crippen LogP contribution in [0.4, 0.5) is 0 Å². The van der Waals surface area contributed by atoms with Gasteiger partial charge in [-0.3, -0.25) is 4.79 Å². The zero-order chi connectivity index (χ0) is 5.28. The summed E-state index contributed by atoms with van der Waals surface area (Å²) < 4.78 is 0. The van der Waals surface area contributed by atoms with Crippen LogP contribution in [-0.2, 0) is 4.79 Å². The number of hydrogen-bond acceptors (Lipinski definition) is 2. The molecule has 0 unspecified atom stereocenters. The molecule has 1 fully saturated rings. The van der Waals surface area contributed by atoms with Crippen LogP contribution in [0.25, 0.3) is 0 Å². The number of carbonyl (C=O) groups excluding carboxylic acids is 1. The van der Waals surface area contributed by atoms with E-state index in [1.54, 1.807) is 0 Å². The Labute approximate surface area is 42.9 Å². The maximum atomic E-state index is 10.5. The van der Waals surface area contributed by atoms with E-state index in [1.165, 1.54) is 0 Å². The quantitative estimate of drug-likeness (QED) is 0.461. The average molecular weight is 99.1 g/mol. The highest BCUT2D eigenvalue weighted by Crippen LogP contribution is 1.96. The monoisotopic (exact) mass is 99.1 g/mol. The van der Waals surface area contributed by atoms with E-state index in [0.717, 1.165) is 13.0 Å². The van der Waals surface area contributed by atoms with Gasteiger partial charge in [-0.05, 0) is 6.92 Å². The van der Waals surface area contributed by atoms with Gasteiger partial charge in [0.25, 0.3) is 0 Å². The van der Waals surface area contributed by atoms with Crippen molar-refractivity contribution in [2.24, 2.45) is 0 Å². The number of hydrogen-bond donors (Lipinski definition) is 1. The Kier molecular flexibility index (Phi) is 1.11. The highest BCUT2D eigenvalue weighted by molar-refractivity contribution is 5.85. The summed E-state index contributed by atoms with van der Waals surface area (Å²) in [7, 11) is 0. The largest absolute Gasteiger partial charge is 0.307 e. The minimum absolute atomic E-state index is 0.125. The fourth-order valence-corrected chi connectivity index (χ4v) is 0.742. The first kappa shape index (κ1) is 4.78. The van der Waals surface area contributed by atoms with Gasteiger partial charge >= 0.3 is 0 Å². The predicted molar refractivity (Wildman–Crippen MR) is 27.1 cm³/mol. The third kappa shape index (κ3) is 0.800. The van der Waals surface area contributed by atoms with Gasteiger partial charge < -0.3 is 5.32 Å². The van der Waals surface area contributed by atoms with Crippen molar-refractivity contribution in [3.8, 4) is 0 Å². The van der Waals surface area contributed by atoms with Crippen LogP contribution in [0, 0.1) is 0 Å². The minimum atomic E-state index is 0.125. The molecule has 0 radical (unpaired) electrons. The third-order valence-electron chi connectivity index (χ3n) is 1.30. The average Bonchev–Trinajstić information content (AvgIpc) is 1.91. The van der Waals surface area contributed by atoms with Gasteiger partial charge in [0, 0.05) is 13.0 Å². The van der Waals surface area contributed by atoms with E-state index >= 15 is 0 Å². The van der Waals surface area contributed by atoms with Gasteiger partial charge in [-0.15, -0.1) is 0 Å². The maximum absolute atomic E-state index is 10.5. The van der Waals surface area contributed by atoms with Gasteiger partial charge in [0.1, 0.15) is 0 Å². The van der Waals surface area contributed by atoms with E-state index in [2.05, 4.69) is 5.32 Å². The van der Waals surface area contributed by atoms with Crippen molar-refractivity contribution in [2.45, 2.75) is 19.4 Å². The van der Waals surface area contributed by atoms with Crippen molar-refractivity contribution in [1.29, 1.82) is 0 Å². The molecule has 1 heterocycles. The summed E-state index contributed by atoms with van der Waals surface area (Å²) in [6, 6.07) is 0.125. The Balaban J connectivity index is 2.48. The molecule has 0 aromatic carbocycles. The van der Waals surface area contributed by atoms with Crippen molar-refractivity contribution < 1.29 is 4.79 Å². The van der Waals surface area contributed by atoms with E-state index in [9.17, 15) is 4.79 Å². The first-order chi connectivity index (χ1) is 3.30. The Hall–Kier alpha value is -0.370. The Morgan fingerprint density at radius 1 is 1.86 bits per heavy atom. The molecule has 1 aliphatic heterocycles. The second kappa shape index (κ2) is 1.62. The lowest BCUT2D eigenvalue weighted by atomic mass is 10.2. The fraction of sp³-hybridized carbons (Fsp3) is 0.800. The number of ketones is 1. The summed E-state index contributed by atoms with van der Waals surface area (Å²) >= 11 is 0. The van der Waals surface area contributed by atoms with E-state index in [-0.39, 0.29) is 6.04 Å². The molecular weight excluding hydrogens is 90.1 g/mol. The summed E-state index contributed by atoms with van der Waals surface area (Å²) in [5.74, 6) is 0.347. The molecule has 40 valence electrons. The van der Waals surface area contributed by atoms with Gasteiger partial charge in [-0.2, -0.15) is 0 Å². The molecule has 0 amide bonds. The molecule has 0 spiro atoms. The molecule has 1 aliphatic rings. The van der Waals surface area contributed by atoms with Crippen LogP contribution >= 0.6 is 0 Å². The predicted octanol–water partition coefficient (Wildman–Crippen LogP) is -0.0627. The highest BCUT2D eigenvalue weighted by atomic mass is 16.1. The molecule has 1 atom stereocenters. The summed E-state index contributed by atoms with van der Waals surface area (Å²) in [4.78, 5) is 10.5. The van der Waals surface area contributed by atoms with Crippen molar-refractivity contribution in [1.82, 2.24) is 5.32 Å². The van der Waals surface area contributed by atoms with E-state index in [0.29, 0.717) is 5.78 Å². The molecule has 1 N–H and O–H groups in total. The molecule has 1 saturated heterocycles. The minimum Gasteiger partial charge on any atom is -0.307 e. The van der Waals surface area contributed by atoms with Crippen LogP contribution in [0.2, 0.25) is 0 Å². The zero-order valence-corrected chi connectivity index (χ0v) is 4.40. The Bertz CT molecular complexity index is 90.1. The Morgan fingerprint density at radius 2 is 2.57 bits per heavy atom. The summed E-state index contributed by atoms with van der Waals surface area (Å²) in [5, 5.41) is 3.02. The van der Waals surface area contributed by atoms with Gasteiger partial charge in [0.05, 0.1) is 6.04 Å². The lowest BCUT2D eigenvalue weighted by molar-refractivity contribution is -0.118. The molecule has 1 rings (SSSR count). The van der Waals surface area contributed by atoms with Crippen LogP contribution in [0.3, 0.4) is 0 Å². The zero-order valence-electron chi connectivity index (χ0n) is 4.40. The van der Waals surface area contributed by atoms with E-state index < -0.39 is 0 Å². The van der Waals surface area contributed by atoms with Gasteiger partial charge in [0.2, 0.25) is 0 Å². The molecule has 7 heavy (non-hydrogen) atoms. The lowest BCUT2D eigenvalue weighted by Crippen LogP contribution is -2.22. The molecule has 2 nitrogen and oxygen atoms in total. The van der Waals surface area contributed by atoms with Crippen LogP contribution < -0.4 is 5.32 Å². The number of nitrogens with one attached hydrogen (secondary N) is 1. The van der Waals surface area contributed by atoms with Crippen molar-refractivity contribution in [3.63, 3.8) is 0 Å². The SMILES string of the molecule is C[C@@H]1NCCC1=O. The first-order valence-corrected chi connectivity index (χ1v) is 2.57. The molecule has 0 aromatic heterocycles. The topological polar surface area (TPSA) is 29.1 Å². The normalized spacial score (nSPS) is 31.6. The van der Waals surface area contributed by atoms with Crippen LogP contribution in [0.15, 0.2) is 0 Å². The van der Waals surface area contributed by atoms with Gasteiger partial charge in [-0.25, -0.2) is 0 Å². The summed E-state index contributed by atoms with van der Waals surface area (Å²) in [6.45, 7) is 2.77. The van der Waals surface area contributed by atoms with Crippen LogP contribution in [0.1, 0.15) is 13.3 Å². The lowest BCUT2D eigenvalue weighted by Gasteiger charge is -1.94. The number of carbonyl (C=O) groups is 1. The molecule has 0 bridgehead atoms. The number of rotatable bonds is 0. The summed E-state index contributed by atoms with van der Waals surface area (Å²) in [6.07, 6.45) is 0.723. The summed E-state index contributed by atoms with van der Waals surface area (Å²) in [5.41, 5.74) is 0. The van der Waals surface area contributed by atoms with Gasteiger partial charge in [-0.1, -0.05) is 0 Å². The van der Waals surface area contributed by atoms with Crippen LogP contribution in [0.5, 0.6) is 0 Å². The fourth-order valence-electron chi connectivity index (χ4n) is 0.742. The van der Waals surface area contributed by atoms with E-state index in [1.807, 2.05) is 6.92 Å². The first-order valence-electron chi connectivity index (χ1n) is 2.57. The van der Waals surface area contributed by atoms with Gasteiger partial charge in [0.15, 0.2) is 5.78 Å². The third-order valence-corrected chi connectivity index (χ3v) is 1.30.